The number of alkyl carbamates (subject to hydrolysis) is 1. The van der Waals surface area contributed by atoms with Gasteiger partial charge in [-0.25, -0.2) is 4.79 Å². The van der Waals surface area contributed by atoms with E-state index >= 15 is 0 Å². The lowest BCUT2D eigenvalue weighted by atomic mass is 9.99. The van der Waals surface area contributed by atoms with Crippen LogP contribution < -0.4 is 21.1 Å². The van der Waals surface area contributed by atoms with E-state index in [1.165, 1.54) is 4.90 Å². The van der Waals surface area contributed by atoms with E-state index in [-0.39, 0.29) is 19.4 Å². The Hall–Kier alpha value is -4.08. The molecule has 10 heteroatoms. The van der Waals surface area contributed by atoms with Crippen LogP contribution in [-0.4, -0.2) is 54.0 Å². The Morgan fingerprint density at radius 2 is 1.61 bits per heavy atom. The van der Waals surface area contributed by atoms with E-state index in [2.05, 4.69) is 17.6 Å². The largest absolute Gasteiger partial charge is 0.497 e. The van der Waals surface area contributed by atoms with E-state index in [0.29, 0.717) is 23.4 Å². The van der Waals surface area contributed by atoms with Crippen LogP contribution in [-0.2, 0) is 19.1 Å². The Bertz CT molecular complexity index is 1230. The number of amides is 4. The monoisotopic (exact) mass is 610 g/mol. The highest BCUT2D eigenvalue weighted by Gasteiger charge is 2.36. The standard InChI is InChI=1S/C34H50N4O6/c1-7-8-9-10-11-12-22-38(32(41)28(20-21-29(35)39)37-33(42)44-34(3,4)5)30(25-15-13-14-24(2)23-25)31(40)36-26-16-18-27(43-6)19-17-26/h13-19,23,28,30H,7-12,20-22H2,1-6H3,(H2,35,39)(H,36,40)(H,37,42). The number of hydrogen-bond acceptors (Lipinski definition) is 6. The lowest BCUT2D eigenvalue weighted by molar-refractivity contribution is -0.141. The minimum atomic E-state index is -1.14. The lowest BCUT2D eigenvalue weighted by Gasteiger charge is -2.34. The smallest absolute Gasteiger partial charge is 0.408 e. The number of methoxy groups -OCH3 is 1. The third-order valence-electron chi connectivity index (χ3n) is 6.98. The lowest BCUT2D eigenvalue weighted by Crippen LogP contribution is -2.52. The molecule has 242 valence electrons. The maximum Gasteiger partial charge on any atom is 0.408 e. The van der Waals surface area contributed by atoms with Crippen molar-refractivity contribution in [1.82, 2.24) is 10.2 Å². The highest BCUT2D eigenvalue weighted by molar-refractivity contribution is 5.99. The van der Waals surface area contributed by atoms with Gasteiger partial charge in [0.05, 0.1) is 7.11 Å². The van der Waals surface area contributed by atoms with Gasteiger partial charge in [0.2, 0.25) is 11.8 Å². The van der Waals surface area contributed by atoms with Gasteiger partial charge >= 0.3 is 6.09 Å². The number of aryl methyl sites for hydroxylation is 1. The Morgan fingerprint density at radius 1 is 0.955 bits per heavy atom. The molecule has 2 aromatic carbocycles. The maximum atomic E-state index is 14.4. The van der Waals surface area contributed by atoms with Crippen LogP contribution in [0.15, 0.2) is 48.5 Å². The molecule has 0 heterocycles. The number of anilines is 1. The molecule has 44 heavy (non-hydrogen) atoms. The average molecular weight is 611 g/mol. The first-order valence-corrected chi connectivity index (χ1v) is 15.4. The molecule has 2 atom stereocenters. The molecule has 0 spiro atoms. The van der Waals surface area contributed by atoms with Crippen molar-refractivity contribution in [2.45, 2.75) is 104 Å². The number of carbonyl (C=O) groups excluding carboxylic acids is 4. The number of hydrogen-bond donors (Lipinski definition) is 3. The van der Waals surface area contributed by atoms with Crippen molar-refractivity contribution in [2.75, 3.05) is 19.0 Å². The molecule has 0 aliphatic rings. The molecule has 0 fully saturated rings. The van der Waals surface area contributed by atoms with Gasteiger partial charge in [-0.15, -0.1) is 0 Å². The summed E-state index contributed by atoms with van der Waals surface area (Å²) >= 11 is 0. The Morgan fingerprint density at radius 3 is 2.20 bits per heavy atom. The SMILES string of the molecule is CCCCCCCCN(C(=O)C(CCC(N)=O)NC(=O)OC(C)(C)C)C(C(=O)Nc1ccc(OC)cc1)c1cccc(C)c1. The molecule has 2 unspecified atom stereocenters. The van der Waals surface area contributed by atoms with Crippen molar-refractivity contribution in [1.29, 1.82) is 0 Å². The van der Waals surface area contributed by atoms with E-state index < -0.39 is 41.5 Å². The van der Waals surface area contributed by atoms with Gasteiger partial charge in [-0.2, -0.15) is 0 Å². The summed E-state index contributed by atoms with van der Waals surface area (Å²) in [5.74, 6) is -0.875. The number of nitrogens with one attached hydrogen (secondary N) is 2. The zero-order chi connectivity index (χ0) is 32.7. The van der Waals surface area contributed by atoms with Crippen molar-refractivity contribution in [2.24, 2.45) is 5.73 Å². The van der Waals surface area contributed by atoms with Gasteiger partial charge in [0.1, 0.15) is 23.4 Å². The minimum absolute atomic E-state index is 0.0406. The summed E-state index contributed by atoms with van der Waals surface area (Å²) in [6.07, 6.45) is 4.89. The van der Waals surface area contributed by atoms with E-state index in [1.54, 1.807) is 52.1 Å². The van der Waals surface area contributed by atoms with Crippen LogP contribution in [0.1, 0.15) is 96.2 Å². The second kappa shape index (κ2) is 17.9. The number of primary amides is 1. The Balaban J connectivity index is 2.52. The molecule has 0 bridgehead atoms. The van der Waals surface area contributed by atoms with Gasteiger partial charge in [0, 0.05) is 18.7 Å². The molecule has 0 saturated heterocycles. The van der Waals surface area contributed by atoms with Crippen LogP contribution in [0.4, 0.5) is 10.5 Å². The van der Waals surface area contributed by atoms with E-state index in [0.717, 1.165) is 37.7 Å². The van der Waals surface area contributed by atoms with Gasteiger partial charge in [-0.3, -0.25) is 14.4 Å². The molecular formula is C34H50N4O6. The molecule has 0 aromatic heterocycles. The summed E-state index contributed by atoms with van der Waals surface area (Å²) in [5, 5.41) is 5.59. The summed E-state index contributed by atoms with van der Waals surface area (Å²) in [4.78, 5) is 54.5. The Kier molecular flexibility index (Phi) is 14.7. The predicted molar refractivity (Wildman–Crippen MR) is 172 cm³/mol. The zero-order valence-corrected chi connectivity index (χ0v) is 27.1. The molecule has 4 amide bonds. The fraction of sp³-hybridized carbons (Fsp3) is 0.529. The molecule has 4 N–H and O–H groups in total. The third-order valence-corrected chi connectivity index (χ3v) is 6.98. The van der Waals surface area contributed by atoms with Crippen LogP contribution in [0, 0.1) is 6.92 Å². The molecule has 0 radical (unpaired) electrons. The van der Waals surface area contributed by atoms with Crippen molar-refractivity contribution in [3.63, 3.8) is 0 Å². The second-order valence-corrected chi connectivity index (χ2v) is 12.0. The first kappa shape index (κ1) is 36.1. The number of carbonyl (C=O) groups is 4. The van der Waals surface area contributed by atoms with E-state index in [1.807, 2.05) is 31.2 Å². The Labute approximate surface area is 262 Å². The molecule has 10 nitrogen and oxygen atoms in total. The maximum absolute atomic E-state index is 14.4. The van der Waals surface area contributed by atoms with Crippen LogP contribution in [0.5, 0.6) is 5.75 Å². The molecular weight excluding hydrogens is 560 g/mol. The van der Waals surface area contributed by atoms with Gasteiger partial charge in [0.15, 0.2) is 0 Å². The van der Waals surface area contributed by atoms with Crippen molar-refractivity contribution in [3.05, 3.63) is 59.7 Å². The summed E-state index contributed by atoms with van der Waals surface area (Å²) in [7, 11) is 1.56. The summed E-state index contributed by atoms with van der Waals surface area (Å²) in [6, 6.07) is 12.2. The van der Waals surface area contributed by atoms with Crippen molar-refractivity contribution in [3.8, 4) is 5.75 Å². The number of benzene rings is 2. The number of rotatable bonds is 17. The summed E-state index contributed by atoms with van der Waals surface area (Å²) in [5.41, 5.74) is 6.72. The predicted octanol–water partition coefficient (Wildman–Crippen LogP) is 6.03. The molecule has 2 rings (SSSR count). The summed E-state index contributed by atoms with van der Waals surface area (Å²) in [6.45, 7) is 9.49. The molecule has 2 aromatic rings. The first-order chi connectivity index (χ1) is 20.8. The average Bonchev–Trinajstić information content (AvgIpc) is 2.95. The fourth-order valence-corrected chi connectivity index (χ4v) is 4.82. The second-order valence-electron chi connectivity index (χ2n) is 12.0. The normalized spacial score (nSPS) is 12.5. The van der Waals surface area contributed by atoms with Crippen LogP contribution in [0.25, 0.3) is 0 Å². The molecule has 0 aliphatic carbocycles. The first-order valence-electron chi connectivity index (χ1n) is 15.4. The van der Waals surface area contributed by atoms with Gasteiger partial charge < -0.3 is 30.7 Å². The van der Waals surface area contributed by atoms with Gasteiger partial charge in [-0.1, -0.05) is 68.9 Å². The highest BCUT2D eigenvalue weighted by atomic mass is 16.6. The van der Waals surface area contributed by atoms with Crippen LogP contribution in [0.2, 0.25) is 0 Å². The van der Waals surface area contributed by atoms with Crippen LogP contribution in [0.3, 0.4) is 0 Å². The summed E-state index contributed by atoms with van der Waals surface area (Å²) < 4.78 is 10.7. The fourth-order valence-electron chi connectivity index (χ4n) is 4.82. The van der Waals surface area contributed by atoms with E-state index in [9.17, 15) is 19.2 Å². The molecule has 0 saturated carbocycles. The van der Waals surface area contributed by atoms with E-state index in [4.69, 9.17) is 15.2 Å². The number of unbranched alkanes of at least 4 members (excludes halogenated alkanes) is 5. The molecule has 0 aliphatic heterocycles. The highest BCUT2D eigenvalue weighted by Crippen LogP contribution is 2.27. The number of nitrogens with zero attached hydrogens (tertiary/aromatic N) is 1. The van der Waals surface area contributed by atoms with Gasteiger partial charge in [0.25, 0.3) is 5.91 Å². The third kappa shape index (κ3) is 12.7. The zero-order valence-electron chi connectivity index (χ0n) is 27.1. The topological polar surface area (TPSA) is 140 Å². The number of nitrogens with two attached hydrogens (primary N) is 1. The minimum Gasteiger partial charge on any atom is -0.497 e. The quantitative estimate of drug-likeness (QED) is 0.187. The van der Waals surface area contributed by atoms with Gasteiger partial charge in [-0.05, 0) is 70.4 Å². The van der Waals surface area contributed by atoms with Crippen LogP contribution >= 0.6 is 0 Å². The van der Waals surface area contributed by atoms with Crippen molar-refractivity contribution < 1.29 is 28.7 Å². The van der Waals surface area contributed by atoms with Crippen molar-refractivity contribution >= 4 is 29.5 Å². The number of ether oxygens (including phenoxy) is 2.